The van der Waals surface area contributed by atoms with E-state index in [1.807, 2.05) is 36.6 Å². The standard InChI is InChI=1S/C32H33FN4O5/c1-20-7-9-26(27(33)15-20)32(3)41-28-6-4-5-25(31(28)42-32)22-11-13-36(14-12-22)18-29-34-16-24(8-10-30(38)39)37(29)17-23-19-40-35-21(23)2/h4-10,15-16,19,22H,11-14,17-18H2,1-3H3,(H,38,39)/b10-8+. The number of para-hydroxylation sites is 1. The third kappa shape index (κ3) is 5.42. The number of nitrogens with zero attached hydrogens (tertiary/aromatic N) is 4. The van der Waals surface area contributed by atoms with Crippen molar-refractivity contribution in [2.45, 2.75) is 58.4 Å². The number of imidazole rings is 1. The summed E-state index contributed by atoms with van der Waals surface area (Å²) in [6.07, 6.45) is 7.80. The molecule has 0 spiro atoms. The van der Waals surface area contributed by atoms with Gasteiger partial charge in [0.15, 0.2) is 11.5 Å². The van der Waals surface area contributed by atoms with Gasteiger partial charge in [-0.25, -0.2) is 14.2 Å². The predicted molar refractivity (Wildman–Crippen MR) is 153 cm³/mol. The Balaban J connectivity index is 1.16. The van der Waals surface area contributed by atoms with Crippen LogP contribution in [0.15, 0.2) is 59.5 Å². The molecule has 0 amide bonds. The zero-order valence-electron chi connectivity index (χ0n) is 23.8. The second-order valence-corrected chi connectivity index (χ2v) is 11.1. The highest BCUT2D eigenvalue weighted by atomic mass is 19.1. The van der Waals surface area contributed by atoms with Crippen molar-refractivity contribution in [3.63, 3.8) is 0 Å². The number of piperidine rings is 1. The number of hydrogen-bond donors (Lipinski definition) is 1. The molecular weight excluding hydrogens is 539 g/mol. The summed E-state index contributed by atoms with van der Waals surface area (Å²) in [5.41, 5.74) is 4.69. The van der Waals surface area contributed by atoms with E-state index in [0.29, 0.717) is 35.8 Å². The molecule has 4 heterocycles. The lowest BCUT2D eigenvalue weighted by atomic mass is 9.88. The first-order valence-electron chi connectivity index (χ1n) is 14.1. The summed E-state index contributed by atoms with van der Waals surface area (Å²) in [4.78, 5) is 18.1. The van der Waals surface area contributed by atoms with Crippen molar-refractivity contribution < 1.29 is 28.3 Å². The largest absolute Gasteiger partial charge is 0.478 e. The lowest BCUT2D eigenvalue weighted by Crippen LogP contribution is -2.34. The van der Waals surface area contributed by atoms with Crippen LogP contribution in [0.1, 0.15) is 65.1 Å². The number of aryl methyl sites for hydroxylation is 2. The van der Waals surface area contributed by atoms with Gasteiger partial charge in [-0.1, -0.05) is 23.4 Å². The quantitative estimate of drug-likeness (QED) is 0.265. The van der Waals surface area contributed by atoms with Gasteiger partial charge in [-0.2, -0.15) is 0 Å². The van der Waals surface area contributed by atoms with Gasteiger partial charge in [-0.3, -0.25) is 4.90 Å². The Morgan fingerprint density at radius 3 is 2.69 bits per heavy atom. The van der Waals surface area contributed by atoms with Gasteiger partial charge >= 0.3 is 5.97 Å². The number of benzene rings is 2. The van der Waals surface area contributed by atoms with Crippen LogP contribution in [-0.4, -0.2) is 43.8 Å². The van der Waals surface area contributed by atoms with E-state index in [-0.39, 0.29) is 11.7 Å². The van der Waals surface area contributed by atoms with Crippen LogP contribution < -0.4 is 9.47 Å². The lowest BCUT2D eigenvalue weighted by Gasteiger charge is -2.32. The third-order valence-electron chi connectivity index (χ3n) is 8.16. The maximum Gasteiger partial charge on any atom is 0.328 e. The smallest absolute Gasteiger partial charge is 0.328 e. The SMILES string of the molecule is Cc1ccc(C2(C)Oc3cccc(C4CCN(Cc5ncc(/C=C/C(=O)O)n5Cc5conc5C)CC4)c3O2)c(F)c1. The molecule has 2 aliphatic heterocycles. The number of rotatable bonds is 8. The molecule has 2 aliphatic rings. The van der Waals surface area contributed by atoms with Crippen LogP contribution in [-0.2, 0) is 23.7 Å². The molecule has 0 aliphatic carbocycles. The predicted octanol–water partition coefficient (Wildman–Crippen LogP) is 5.80. The number of likely N-dealkylation sites (tertiary alicyclic amines) is 1. The summed E-state index contributed by atoms with van der Waals surface area (Å²) in [5, 5.41) is 13.1. The molecular formula is C32H33FN4O5. The maximum absolute atomic E-state index is 14.9. The maximum atomic E-state index is 14.9. The Kier molecular flexibility index (Phi) is 7.32. The summed E-state index contributed by atoms with van der Waals surface area (Å²) < 4.78 is 34.6. The molecule has 0 radical (unpaired) electrons. The fraction of sp³-hybridized carbons (Fsp3) is 0.344. The Bertz CT molecular complexity index is 1650. The van der Waals surface area contributed by atoms with Gasteiger partial charge < -0.3 is 23.7 Å². The van der Waals surface area contributed by atoms with Gasteiger partial charge in [0, 0.05) is 24.1 Å². The van der Waals surface area contributed by atoms with Crippen molar-refractivity contribution in [3.8, 4) is 11.5 Å². The minimum Gasteiger partial charge on any atom is -0.478 e. The van der Waals surface area contributed by atoms with E-state index in [2.05, 4.69) is 21.1 Å². The van der Waals surface area contributed by atoms with Gasteiger partial charge in [0.2, 0.25) is 0 Å². The highest BCUT2D eigenvalue weighted by molar-refractivity contribution is 5.84. The molecule has 10 heteroatoms. The second-order valence-electron chi connectivity index (χ2n) is 11.1. The Labute approximate surface area is 243 Å². The normalized spacial score (nSPS) is 19.1. The van der Waals surface area contributed by atoms with Crippen LogP contribution in [0.2, 0.25) is 0 Å². The first-order valence-corrected chi connectivity index (χ1v) is 14.1. The summed E-state index contributed by atoms with van der Waals surface area (Å²) >= 11 is 0. The van der Waals surface area contributed by atoms with Crippen LogP contribution in [0.5, 0.6) is 11.5 Å². The van der Waals surface area contributed by atoms with E-state index in [1.165, 1.54) is 6.07 Å². The zero-order chi connectivity index (χ0) is 29.4. The van der Waals surface area contributed by atoms with Crippen molar-refractivity contribution in [2.75, 3.05) is 13.1 Å². The van der Waals surface area contributed by atoms with Crippen molar-refractivity contribution >= 4 is 12.0 Å². The van der Waals surface area contributed by atoms with Crippen molar-refractivity contribution in [2.24, 2.45) is 0 Å². The number of ether oxygens (including phenoxy) is 2. The number of fused-ring (bicyclic) bond motifs is 1. The minimum atomic E-state index is -1.23. The molecule has 9 nitrogen and oxygen atoms in total. The van der Waals surface area contributed by atoms with Gasteiger partial charge in [0.1, 0.15) is 17.9 Å². The fourth-order valence-electron chi connectivity index (χ4n) is 5.83. The Morgan fingerprint density at radius 1 is 1.17 bits per heavy atom. The highest BCUT2D eigenvalue weighted by Gasteiger charge is 2.42. The number of carbonyl (C=O) groups is 1. The number of aliphatic carboxylic acids is 1. The summed E-state index contributed by atoms with van der Waals surface area (Å²) in [7, 11) is 0. The Morgan fingerprint density at radius 2 is 1.98 bits per heavy atom. The first kappa shape index (κ1) is 27.7. The van der Waals surface area contributed by atoms with E-state index in [4.69, 9.17) is 19.1 Å². The van der Waals surface area contributed by atoms with Crippen LogP contribution in [0.3, 0.4) is 0 Å². The average molecular weight is 573 g/mol. The molecule has 2 aromatic carbocycles. The Hall–Kier alpha value is -4.44. The molecule has 1 fully saturated rings. The highest BCUT2D eigenvalue weighted by Crippen LogP contribution is 2.49. The molecule has 6 rings (SSSR count). The van der Waals surface area contributed by atoms with E-state index < -0.39 is 11.8 Å². The van der Waals surface area contributed by atoms with Crippen LogP contribution in [0.25, 0.3) is 6.08 Å². The summed E-state index contributed by atoms with van der Waals surface area (Å²) in [5.74, 6) is -0.175. The minimum absolute atomic E-state index is 0.262. The summed E-state index contributed by atoms with van der Waals surface area (Å²) in [6, 6.07) is 11.0. The van der Waals surface area contributed by atoms with Crippen LogP contribution >= 0.6 is 0 Å². The van der Waals surface area contributed by atoms with Gasteiger partial charge in [0.05, 0.1) is 36.2 Å². The molecule has 1 saturated heterocycles. The summed E-state index contributed by atoms with van der Waals surface area (Å²) in [6.45, 7) is 8.28. The van der Waals surface area contributed by atoms with E-state index in [1.54, 1.807) is 31.5 Å². The third-order valence-corrected chi connectivity index (χ3v) is 8.16. The van der Waals surface area contributed by atoms with Gasteiger partial charge in [-0.15, -0.1) is 0 Å². The second kappa shape index (κ2) is 11.1. The number of aromatic nitrogens is 3. The fourth-order valence-corrected chi connectivity index (χ4v) is 5.83. The molecule has 42 heavy (non-hydrogen) atoms. The molecule has 2 aromatic heterocycles. The van der Waals surface area contributed by atoms with Gasteiger partial charge in [0.25, 0.3) is 5.79 Å². The molecule has 4 aromatic rings. The first-order chi connectivity index (χ1) is 20.2. The van der Waals surface area contributed by atoms with Crippen molar-refractivity contribution in [1.82, 2.24) is 19.6 Å². The molecule has 1 N–H and O–H groups in total. The molecule has 1 atom stereocenters. The van der Waals surface area contributed by atoms with Crippen molar-refractivity contribution in [1.29, 1.82) is 0 Å². The monoisotopic (exact) mass is 572 g/mol. The average Bonchev–Trinajstić information content (AvgIpc) is 3.64. The van der Waals surface area contributed by atoms with Crippen LogP contribution in [0.4, 0.5) is 4.39 Å². The lowest BCUT2D eigenvalue weighted by molar-refractivity contribution is -0.131. The number of hydrogen-bond acceptors (Lipinski definition) is 7. The van der Waals surface area contributed by atoms with E-state index in [0.717, 1.165) is 60.2 Å². The van der Waals surface area contributed by atoms with E-state index in [9.17, 15) is 9.18 Å². The molecule has 0 bridgehead atoms. The molecule has 218 valence electrons. The number of carboxylic acids is 1. The topological polar surface area (TPSA) is 103 Å². The zero-order valence-corrected chi connectivity index (χ0v) is 23.8. The molecule has 0 saturated carbocycles. The number of carboxylic acid groups (broad SMARTS) is 1. The number of halogens is 1. The van der Waals surface area contributed by atoms with E-state index >= 15 is 0 Å². The van der Waals surface area contributed by atoms with Gasteiger partial charge in [-0.05, 0) is 75.5 Å². The van der Waals surface area contributed by atoms with Crippen LogP contribution in [0, 0.1) is 19.7 Å². The molecule has 1 unspecified atom stereocenters. The van der Waals surface area contributed by atoms with Crippen molar-refractivity contribution in [3.05, 3.63) is 100 Å².